The van der Waals surface area contributed by atoms with Gasteiger partial charge in [-0.3, -0.25) is 9.59 Å². The Morgan fingerprint density at radius 3 is 2.63 bits per heavy atom. The van der Waals surface area contributed by atoms with Crippen molar-refractivity contribution in [2.24, 2.45) is 11.7 Å². The van der Waals surface area contributed by atoms with Gasteiger partial charge in [0.05, 0.1) is 18.7 Å². The monoisotopic (exact) mass is 408 g/mol. The summed E-state index contributed by atoms with van der Waals surface area (Å²) < 4.78 is 7.72. The lowest BCUT2D eigenvalue weighted by Crippen LogP contribution is -2.16. The molecule has 1 aromatic heterocycles. The van der Waals surface area contributed by atoms with Gasteiger partial charge in [0.2, 0.25) is 5.91 Å². The van der Waals surface area contributed by atoms with Crippen LogP contribution in [0.2, 0.25) is 0 Å². The lowest BCUT2D eigenvalue weighted by molar-refractivity contribution is -0.118. The van der Waals surface area contributed by atoms with Crippen LogP contribution in [0.15, 0.2) is 35.9 Å². The quantitative estimate of drug-likeness (QED) is 0.488. The van der Waals surface area contributed by atoms with E-state index in [0.29, 0.717) is 17.4 Å². The van der Waals surface area contributed by atoms with Crippen LogP contribution in [0.4, 0.5) is 5.69 Å². The highest BCUT2D eigenvalue weighted by Crippen LogP contribution is 2.25. The largest absolute Gasteiger partial charge is 0.491 e. The Labute approximate surface area is 177 Å². The molecule has 1 aromatic carbocycles. The zero-order chi connectivity index (χ0) is 22.3. The summed E-state index contributed by atoms with van der Waals surface area (Å²) in [6.07, 6.45) is 1.67. The molecule has 0 atom stereocenters. The lowest BCUT2D eigenvalue weighted by Gasteiger charge is -2.12. The van der Waals surface area contributed by atoms with E-state index in [9.17, 15) is 14.9 Å². The van der Waals surface area contributed by atoms with E-state index in [1.807, 2.05) is 26.0 Å². The number of rotatable bonds is 9. The normalized spacial score (nSPS) is 11.3. The van der Waals surface area contributed by atoms with Crippen molar-refractivity contribution in [3.8, 4) is 11.8 Å². The minimum atomic E-state index is -0.530. The lowest BCUT2D eigenvalue weighted by atomic mass is 10.1. The maximum atomic E-state index is 12.7. The number of para-hydroxylation sites is 2. The van der Waals surface area contributed by atoms with Gasteiger partial charge in [-0.2, -0.15) is 5.26 Å². The average Bonchev–Trinajstić information content (AvgIpc) is 2.94. The van der Waals surface area contributed by atoms with Crippen LogP contribution in [-0.4, -0.2) is 23.0 Å². The molecule has 0 saturated heterocycles. The van der Waals surface area contributed by atoms with Gasteiger partial charge in [0.25, 0.3) is 5.91 Å². The first kappa shape index (κ1) is 22.8. The highest BCUT2D eigenvalue weighted by Gasteiger charge is 2.15. The van der Waals surface area contributed by atoms with Crippen molar-refractivity contribution < 1.29 is 14.3 Å². The number of aromatic nitrogens is 1. The molecule has 0 saturated carbocycles. The Kier molecular flexibility index (Phi) is 7.82. The first-order chi connectivity index (χ1) is 14.2. The van der Waals surface area contributed by atoms with Crippen LogP contribution in [0.3, 0.4) is 0 Å². The Morgan fingerprint density at radius 2 is 2.00 bits per heavy atom. The van der Waals surface area contributed by atoms with Gasteiger partial charge in [0.15, 0.2) is 0 Å². The molecule has 0 unspecified atom stereocenters. The third kappa shape index (κ3) is 5.98. The van der Waals surface area contributed by atoms with Gasteiger partial charge in [0.1, 0.15) is 17.4 Å². The number of anilines is 1. The number of aryl methyl sites for hydroxylation is 1. The molecule has 0 fully saturated rings. The van der Waals surface area contributed by atoms with Gasteiger partial charge >= 0.3 is 0 Å². The molecule has 7 nitrogen and oxygen atoms in total. The number of hydrogen-bond donors (Lipinski definition) is 2. The summed E-state index contributed by atoms with van der Waals surface area (Å²) in [7, 11) is 0. The van der Waals surface area contributed by atoms with E-state index in [2.05, 4.69) is 23.7 Å². The second-order valence-electron chi connectivity index (χ2n) is 7.52. The van der Waals surface area contributed by atoms with Crippen molar-refractivity contribution in [2.45, 2.75) is 40.7 Å². The van der Waals surface area contributed by atoms with Crippen molar-refractivity contribution in [3.05, 3.63) is 52.9 Å². The van der Waals surface area contributed by atoms with Crippen molar-refractivity contribution in [1.29, 1.82) is 5.26 Å². The summed E-state index contributed by atoms with van der Waals surface area (Å²) in [5, 5.41) is 12.3. The van der Waals surface area contributed by atoms with E-state index < -0.39 is 11.8 Å². The molecule has 7 heteroatoms. The summed E-state index contributed by atoms with van der Waals surface area (Å²) in [5.41, 5.74) is 8.46. The molecule has 158 valence electrons. The van der Waals surface area contributed by atoms with Crippen LogP contribution >= 0.6 is 0 Å². The summed E-state index contributed by atoms with van der Waals surface area (Å²) in [5.74, 6) is -0.116. The number of ether oxygens (including phenoxy) is 1. The van der Waals surface area contributed by atoms with Gasteiger partial charge < -0.3 is 20.4 Å². The number of amides is 2. The highest BCUT2D eigenvalue weighted by molar-refractivity contribution is 6.10. The van der Waals surface area contributed by atoms with Crippen LogP contribution in [0.5, 0.6) is 5.75 Å². The molecule has 3 N–H and O–H groups in total. The van der Waals surface area contributed by atoms with Crippen molar-refractivity contribution >= 4 is 23.6 Å². The average molecular weight is 409 g/mol. The number of nitrogens with two attached hydrogens (primary N) is 1. The van der Waals surface area contributed by atoms with Crippen molar-refractivity contribution in [1.82, 2.24) is 4.57 Å². The van der Waals surface area contributed by atoms with Crippen molar-refractivity contribution in [3.63, 3.8) is 0 Å². The van der Waals surface area contributed by atoms with Crippen LogP contribution in [0.1, 0.15) is 37.2 Å². The number of carbonyl (C=O) groups is 2. The second kappa shape index (κ2) is 10.3. The molecule has 0 aliphatic heterocycles. The molecule has 2 amide bonds. The zero-order valence-corrected chi connectivity index (χ0v) is 17.9. The fourth-order valence-corrected chi connectivity index (χ4v) is 3.07. The number of nitriles is 1. The van der Waals surface area contributed by atoms with Gasteiger partial charge in [-0.25, -0.2) is 0 Å². The number of hydrogen-bond acceptors (Lipinski definition) is 4. The molecule has 0 radical (unpaired) electrons. The number of carbonyl (C=O) groups excluding carboxylic acids is 2. The first-order valence-electron chi connectivity index (χ1n) is 9.83. The standard InChI is InChI=1S/C23H28N4O3/c1-15(2)14-27-16(3)11-18(17(27)4)12-19(13-24)23(29)26-20-7-5-6-8-21(20)30-10-9-22(25)28/h5-8,11-12,15H,9-10,14H2,1-4H3,(H2,25,28)(H,26,29)/b19-12-. The Hall–Kier alpha value is -3.53. The fourth-order valence-electron chi connectivity index (χ4n) is 3.07. The van der Waals surface area contributed by atoms with Crippen LogP contribution in [0.25, 0.3) is 6.08 Å². The van der Waals surface area contributed by atoms with Crippen LogP contribution in [-0.2, 0) is 16.1 Å². The molecular weight excluding hydrogens is 380 g/mol. The minimum absolute atomic E-state index is 0.00765. The molecule has 1 heterocycles. The second-order valence-corrected chi connectivity index (χ2v) is 7.52. The topological polar surface area (TPSA) is 110 Å². The minimum Gasteiger partial charge on any atom is -0.491 e. The molecule has 2 aromatic rings. The zero-order valence-electron chi connectivity index (χ0n) is 17.9. The maximum Gasteiger partial charge on any atom is 0.266 e. The Morgan fingerprint density at radius 1 is 1.30 bits per heavy atom. The van der Waals surface area contributed by atoms with E-state index in [1.54, 1.807) is 30.3 Å². The molecule has 0 aliphatic carbocycles. The summed E-state index contributed by atoms with van der Waals surface area (Å²) >= 11 is 0. The van der Waals surface area contributed by atoms with E-state index in [1.165, 1.54) is 0 Å². The number of primary amides is 1. The van der Waals surface area contributed by atoms with Crippen molar-refractivity contribution in [2.75, 3.05) is 11.9 Å². The molecule has 0 aliphatic rings. The van der Waals surface area contributed by atoms with E-state index in [-0.39, 0.29) is 18.6 Å². The Bertz CT molecular complexity index is 996. The third-order valence-corrected chi connectivity index (χ3v) is 4.57. The summed E-state index contributed by atoms with van der Waals surface area (Å²) in [6, 6.07) is 10.8. The summed E-state index contributed by atoms with van der Waals surface area (Å²) in [6.45, 7) is 9.26. The van der Waals surface area contributed by atoms with E-state index >= 15 is 0 Å². The highest BCUT2D eigenvalue weighted by atomic mass is 16.5. The predicted octanol–water partition coefficient (Wildman–Crippen LogP) is 3.56. The maximum absolute atomic E-state index is 12.7. The van der Waals surface area contributed by atoms with Crippen LogP contribution in [0, 0.1) is 31.1 Å². The van der Waals surface area contributed by atoms with Gasteiger partial charge in [-0.15, -0.1) is 0 Å². The SMILES string of the molecule is Cc1cc(/C=C(/C#N)C(=O)Nc2ccccc2OCCC(N)=O)c(C)n1CC(C)C. The third-order valence-electron chi connectivity index (χ3n) is 4.57. The first-order valence-corrected chi connectivity index (χ1v) is 9.83. The van der Waals surface area contributed by atoms with E-state index in [4.69, 9.17) is 10.5 Å². The van der Waals surface area contributed by atoms with Gasteiger partial charge in [0, 0.05) is 17.9 Å². The summed E-state index contributed by atoms with van der Waals surface area (Å²) in [4.78, 5) is 23.6. The molecule has 30 heavy (non-hydrogen) atoms. The fraction of sp³-hybridized carbons (Fsp3) is 0.348. The molecule has 0 bridgehead atoms. The molecular formula is C23H28N4O3. The number of nitrogens with one attached hydrogen (secondary N) is 1. The Balaban J connectivity index is 2.22. The molecule has 0 spiro atoms. The number of benzene rings is 1. The van der Waals surface area contributed by atoms with Crippen LogP contribution < -0.4 is 15.8 Å². The predicted molar refractivity (Wildman–Crippen MR) is 117 cm³/mol. The van der Waals surface area contributed by atoms with E-state index in [0.717, 1.165) is 23.5 Å². The smallest absolute Gasteiger partial charge is 0.266 e. The number of nitrogens with zero attached hydrogens (tertiary/aromatic N) is 2. The molecule has 2 rings (SSSR count). The van der Waals surface area contributed by atoms with Gasteiger partial charge in [-0.05, 0) is 49.6 Å². The van der Waals surface area contributed by atoms with Gasteiger partial charge in [-0.1, -0.05) is 26.0 Å².